The molecule has 1 N–H and O–H groups in total. The van der Waals surface area contributed by atoms with Crippen LogP contribution in [0.2, 0.25) is 0 Å². The van der Waals surface area contributed by atoms with Gasteiger partial charge in [-0.05, 0) is 37.3 Å². The molecule has 0 amide bonds. The summed E-state index contributed by atoms with van der Waals surface area (Å²) in [5.41, 5.74) is 0.473. The molecule has 2 aliphatic heterocycles. The van der Waals surface area contributed by atoms with E-state index in [1.54, 1.807) is 0 Å². The van der Waals surface area contributed by atoms with Crippen molar-refractivity contribution in [1.82, 2.24) is 10.2 Å². The molecule has 0 aromatic rings. The number of rotatable bonds is 3. The minimum atomic E-state index is 0.473. The molecule has 2 aliphatic rings. The Morgan fingerprint density at radius 1 is 1.35 bits per heavy atom. The maximum atomic E-state index is 5.49. The van der Waals surface area contributed by atoms with Gasteiger partial charge in [-0.25, -0.2) is 0 Å². The lowest BCUT2D eigenvalue weighted by molar-refractivity contribution is 0.0705. The molecule has 2 heterocycles. The molecule has 3 nitrogen and oxygen atoms in total. The van der Waals surface area contributed by atoms with Crippen LogP contribution in [-0.2, 0) is 4.74 Å². The minimum absolute atomic E-state index is 0.473. The highest BCUT2D eigenvalue weighted by molar-refractivity contribution is 4.84. The summed E-state index contributed by atoms with van der Waals surface area (Å²) >= 11 is 0. The van der Waals surface area contributed by atoms with Crippen LogP contribution < -0.4 is 5.32 Å². The maximum Gasteiger partial charge on any atom is 0.0620 e. The van der Waals surface area contributed by atoms with Gasteiger partial charge in [0.25, 0.3) is 0 Å². The zero-order valence-electron chi connectivity index (χ0n) is 11.7. The van der Waals surface area contributed by atoms with E-state index in [4.69, 9.17) is 4.74 Å². The topological polar surface area (TPSA) is 24.5 Å². The lowest BCUT2D eigenvalue weighted by atomic mass is 9.80. The van der Waals surface area contributed by atoms with Crippen molar-refractivity contribution in [1.29, 1.82) is 0 Å². The quantitative estimate of drug-likeness (QED) is 0.813. The average molecular weight is 240 g/mol. The van der Waals surface area contributed by atoms with Crippen LogP contribution in [0.1, 0.15) is 33.6 Å². The number of hydrogen-bond donors (Lipinski definition) is 1. The van der Waals surface area contributed by atoms with E-state index in [1.807, 2.05) is 0 Å². The summed E-state index contributed by atoms with van der Waals surface area (Å²) in [5.74, 6) is 0.873. The Hall–Kier alpha value is -0.120. The lowest BCUT2D eigenvalue weighted by Gasteiger charge is -2.28. The third kappa shape index (κ3) is 3.94. The number of nitrogens with zero attached hydrogens (tertiary/aromatic N) is 1. The van der Waals surface area contributed by atoms with Crippen LogP contribution >= 0.6 is 0 Å². The first kappa shape index (κ1) is 13.3. The number of likely N-dealkylation sites (tertiary alicyclic amines) is 1. The molecule has 2 saturated heterocycles. The molecule has 0 saturated carbocycles. The highest BCUT2D eigenvalue weighted by Crippen LogP contribution is 2.33. The van der Waals surface area contributed by atoms with Crippen molar-refractivity contribution >= 4 is 0 Å². The molecular formula is C14H28N2O. The molecule has 0 aromatic carbocycles. The first-order valence-corrected chi connectivity index (χ1v) is 7.09. The van der Waals surface area contributed by atoms with E-state index in [0.717, 1.165) is 25.7 Å². The van der Waals surface area contributed by atoms with Gasteiger partial charge in [0, 0.05) is 19.1 Å². The van der Waals surface area contributed by atoms with Crippen LogP contribution in [-0.4, -0.2) is 50.3 Å². The Morgan fingerprint density at radius 3 is 2.76 bits per heavy atom. The van der Waals surface area contributed by atoms with Crippen LogP contribution in [0.25, 0.3) is 0 Å². The van der Waals surface area contributed by atoms with E-state index in [-0.39, 0.29) is 0 Å². The SMILES string of the molecule is CC(C)(C)C1CCN(CCC2COCCN2)C1. The first-order chi connectivity index (χ1) is 8.05. The molecular weight excluding hydrogens is 212 g/mol. The molecule has 3 heteroatoms. The van der Waals surface area contributed by atoms with Gasteiger partial charge < -0.3 is 15.0 Å². The number of morpholine rings is 1. The fraction of sp³-hybridized carbons (Fsp3) is 1.00. The summed E-state index contributed by atoms with van der Waals surface area (Å²) < 4.78 is 5.49. The van der Waals surface area contributed by atoms with Crippen LogP contribution in [0.15, 0.2) is 0 Å². The molecule has 0 aliphatic carbocycles. The van der Waals surface area contributed by atoms with Crippen LogP contribution in [0.5, 0.6) is 0 Å². The normalized spacial score (nSPS) is 31.9. The van der Waals surface area contributed by atoms with Gasteiger partial charge in [-0.2, -0.15) is 0 Å². The van der Waals surface area contributed by atoms with Crippen molar-refractivity contribution in [2.45, 2.75) is 39.7 Å². The highest BCUT2D eigenvalue weighted by Gasteiger charge is 2.31. The van der Waals surface area contributed by atoms with Gasteiger partial charge in [0.05, 0.1) is 13.2 Å². The fourth-order valence-corrected chi connectivity index (χ4v) is 2.89. The molecule has 0 bridgehead atoms. The Labute approximate surface area is 106 Å². The van der Waals surface area contributed by atoms with Crippen molar-refractivity contribution in [2.75, 3.05) is 39.4 Å². The van der Waals surface area contributed by atoms with Gasteiger partial charge in [-0.1, -0.05) is 20.8 Å². The van der Waals surface area contributed by atoms with E-state index in [2.05, 4.69) is 31.0 Å². The predicted molar refractivity (Wildman–Crippen MR) is 71.2 cm³/mol. The third-order valence-electron chi connectivity index (χ3n) is 4.29. The van der Waals surface area contributed by atoms with Gasteiger partial charge in [0.2, 0.25) is 0 Å². The number of hydrogen-bond acceptors (Lipinski definition) is 3. The first-order valence-electron chi connectivity index (χ1n) is 7.09. The van der Waals surface area contributed by atoms with Crippen LogP contribution in [0.3, 0.4) is 0 Å². The van der Waals surface area contributed by atoms with Gasteiger partial charge in [0.1, 0.15) is 0 Å². The average Bonchev–Trinajstić information content (AvgIpc) is 2.76. The van der Waals surface area contributed by atoms with E-state index in [9.17, 15) is 0 Å². The van der Waals surface area contributed by atoms with Crippen LogP contribution in [0.4, 0.5) is 0 Å². The van der Waals surface area contributed by atoms with Crippen molar-refractivity contribution in [3.8, 4) is 0 Å². The summed E-state index contributed by atoms with van der Waals surface area (Å²) in [7, 11) is 0. The summed E-state index contributed by atoms with van der Waals surface area (Å²) in [6.07, 6.45) is 2.61. The standard InChI is InChI=1S/C14H28N2O/c1-14(2,3)12-4-7-16(10-12)8-5-13-11-17-9-6-15-13/h12-13,15H,4-11H2,1-3H3. The zero-order valence-corrected chi connectivity index (χ0v) is 11.7. The Kier molecular flexibility index (Phi) is 4.45. The number of ether oxygens (including phenoxy) is 1. The Bertz CT molecular complexity index is 231. The van der Waals surface area contributed by atoms with Crippen LogP contribution in [0, 0.1) is 11.3 Å². The minimum Gasteiger partial charge on any atom is -0.379 e. The molecule has 100 valence electrons. The van der Waals surface area contributed by atoms with Gasteiger partial charge in [-0.15, -0.1) is 0 Å². The van der Waals surface area contributed by atoms with Crippen molar-refractivity contribution in [3.05, 3.63) is 0 Å². The van der Waals surface area contributed by atoms with E-state index in [1.165, 1.54) is 32.5 Å². The molecule has 2 rings (SSSR count). The zero-order chi connectivity index (χ0) is 12.3. The molecule has 0 aromatic heterocycles. The Balaban J connectivity index is 1.67. The van der Waals surface area contributed by atoms with Crippen molar-refractivity contribution in [3.63, 3.8) is 0 Å². The molecule has 2 unspecified atom stereocenters. The predicted octanol–water partition coefficient (Wildman–Crippen LogP) is 1.73. The van der Waals surface area contributed by atoms with Crippen molar-refractivity contribution in [2.24, 2.45) is 11.3 Å². The van der Waals surface area contributed by atoms with Crippen molar-refractivity contribution < 1.29 is 4.74 Å². The van der Waals surface area contributed by atoms with Gasteiger partial charge in [0.15, 0.2) is 0 Å². The second kappa shape index (κ2) is 5.68. The molecule has 17 heavy (non-hydrogen) atoms. The highest BCUT2D eigenvalue weighted by atomic mass is 16.5. The summed E-state index contributed by atoms with van der Waals surface area (Å²) in [4.78, 5) is 2.63. The van der Waals surface area contributed by atoms with E-state index >= 15 is 0 Å². The van der Waals surface area contributed by atoms with E-state index < -0.39 is 0 Å². The molecule has 2 atom stereocenters. The third-order valence-corrected chi connectivity index (χ3v) is 4.29. The second-order valence-corrected chi connectivity index (χ2v) is 6.67. The Morgan fingerprint density at radius 2 is 2.18 bits per heavy atom. The van der Waals surface area contributed by atoms with Gasteiger partial charge in [-0.3, -0.25) is 0 Å². The summed E-state index contributed by atoms with van der Waals surface area (Å²) in [6, 6.07) is 0.581. The summed E-state index contributed by atoms with van der Waals surface area (Å²) in [6.45, 7) is 13.7. The second-order valence-electron chi connectivity index (χ2n) is 6.67. The van der Waals surface area contributed by atoms with Gasteiger partial charge >= 0.3 is 0 Å². The molecule has 0 spiro atoms. The number of nitrogens with one attached hydrogen (secondary N) is 1. The maximum absolute atomic E-state index is 5.49. The summed E-state index contributed by atoms with van der Waals surface area (Å²) in [5, 5.41) is 3.53. The lowest BCUT2D eigenvalue weighted by Crippen LogP contribution is -2.43. The molecule has 2 fully saturated rings. The smallest absolute Gasteiger partial charge is 0.0620 e. The fourth-order valence-electron chi connectivity index (χ4n) is 2.89. The molecule has 0 radical (unpaired) electrons. The largest absolute Gasteiger partial charge is 0.379 e. The van der Waals surface area contributed by atoms with E-state index in [0.29, 0.717) is 11.5 Å². The monoisotopic (exact) mass is 240 g/mol.